The van der Waals surface area contributed by atoms with Gasteiger partial charge in [0.25, 0.3) is 0 Å². The van der Waals surface area contributed by atoms with Gasteiger partial charge in [-0.2, -0.15) is 0 Å². The first-order chi connectivity index (χ1) is 14.3. The fourth-order valence-electron chi connectivity index (χ4n) is 3.14. The van der Waals surface area contributed by atoms with Crippen LogP contribution in [0.2, 0.25) is 0 Å². The second-order valence-corrected chi connectivity index (χ2v) is 11.4. The fourth-order valence-corrected chi connectivity index (χ4v) is 4.90. The van der Waals surface area contributed by atoms with Crippen LogP contribution in [0.5, 0.6) is 5.75 Å². The number of fused-ring (bicyclic) bond motifs is 2. The maximum atomic E-state index is 12.9. The largest absolute Gasteiger partial charge is 0.490 e. The van der Waals surface area contributed by atoms with Crippen molar-refractivity contribution < 1.29 is 19.5 Å². The van der Waals surface area contributed by atoms with Crippen LogP contribution in [0.1, 0.15) is 0 Å². The minimum atomic E-state index is -2.69. The van der Waals surface area contributed by atoms with Gasteiger partial charge in [-0.1, -0.05) is 0 Å². The van der Waals surface area contributed by atoms with Crippen LogP contribution in [0.3, 0.4) is 0 Å². The highest BCUT2D eigenvalue weighted by Gasteiger charge is 2.20. The lowest BCUT2D eigenvalue weighted by molar-refractivity contribution is 0.0540. The number of anilines is 2. The summed E-state index contributed by atoms with van der Waals surface area (Å²) in [5.74, 6) is 0.400. The van der Waals surface area contributed by atoms with Gasteiger partial charge in [0.15, 0.2) is 0 Å². The molecule has 0 radical (unpaired) electrons. The lowest BCUT2D eigenvalue weighted by atomic mass is 10.1. The molecule has 4 aromatic rings. The molecule has 0 aliphatic heterocycles. The van der Waals surface area contributed by atoms with Crippen molar-refractivity contribution in [1.29, 1.82) is 0 Å². The third-order valence-corrected chi connectivity index (χ3v) is 6.97. The van der Waals surface area contributed by atoms with Crippen LogP contribution in [0, 0.1) is 0 Å². The lowest BCUT2D eigenvalue weighted by Crippen LogP contribution is -2.23. The van der Waals surface area contributed by atoms with Crippen molar-refractivity contribution in [2.75, 3.05) is 31.9 Å². The van der Waals surface area contributed by atoms with Crippen LogP contribution in [0.4, 0.5) is 11.4 Å². The van der Waals surface area contributed by atoms with E-state index < -0.39 is 19.9 Å². The highest BCUT2D eigenvalue weighted by Crippen LogP contribution is 2.41. The molecule has 9 heteroatoms. The number of hydrogen-bond acceptors (Lipinski definition) is 8. The van der Waals surface area contributed by atoms with E-state index in [-0.39, 0.29) is 6.61 Å². The summed E-state index contributed by atoms with van der Waals surface area (Å²) in [6, 6.07) is 11.4. The van der Waals surface area contributed by atoms with Crippen LogP contribution in [-0.2, 0) is 4.57 Å². The lowest BCUT2D eigenvalue weighted by Gasteiger charge is -2.18. The van der Waals surface area contributed by atoms with Crippen LogP contribution in [-0.4, -0.2) is 52.8 Å². The number of thiazole rings is 1. The van der Waals surface area contributed by atoms with Crippen molar-refractivity contribution in [2.45, 2.75) is 6.10 Å². The average molecular weight is 443 g/mol. The number of hydrogen-bond donors (Lipinski definition) is 3. The third-order valence-electron chi connectivity index (χ3n) is 4.65. The minimum Gasteiger partial charge on any atom is -0.490 e. The Balaban J connectivity index is 1.76. The van der Waals surface area contributed by atoms with E-state index in [0.717, 1.165) is 27.0 Å². The number of aliphatic hydroxyl groups is 2. The maximum Gasteiger partial charge on any atom is 0.132 e. The molecule has 156 valence electrons. The van der Waals surface area contributed by atoms with Crippen molar-refractivity contribution in [3.63, 3.8) is 0 Å². The van der Waals surface area contributed by atoms with E-state index in [0.29, 0.717) is 16.6 Å². The van der Waals surface area contributed by atoms with Crippen LogP contribution in [0.15, 0.2) is 48.1 Å². The Morgan fingerprint density at radius 3 is 2.77 bits per heavy atom. The number of rotatable bonds is 7. The molecule has 0 saturated carbocycles. The molecule has 1 atom stereocenters. The van der Waals surface area contributed by atoms with Crippen LogP contribution >= 0.6 is 18.5 Å². The van der Waals surface area contributed by atoms with Gasteiger partial charge < -0.3 is 24.8 Å². The van der Waals surface area contributed by atoms with Gasteiger partial charge in [-0.15, -0.1) is 11.3 Å². The normalized spacial score (nSPS) is 12.9. The van der Waals surface area contributed by atoms with Crippen molar-refractivity contribution in [3.05, 3.63) is 48.1 Å². The Morgan fingerprint density at radius 1 is 1.17 bits per heavy atom. The van der Waals surface area contributed by atoms with Gasteiger partial charge >= 0.3 is 0 Å². The van der Waals surface area contributed by atoms with E-state index in [1.165, 1.54) is 0 Å². The van der Waals surface area contributed by atoms with Gasteiger partial charge in [-0.25, -0.2) is 4.98 Å². The molecule has 2 aromatic heterocycles. The second kappa shape index (κ2) is 8.32. The van der Waals surface area contributed by atoms with E-state index >= 15 is 0 Å². The summed E-state index contributed by atoms with van der Waals surface area (Å²) in [6.07, 6.45) is 0.679. The predicted octanol–water partition coefficient (Wildman–Crippen LogP) is 3.57. The van der Waals surface area contributed by atoms with Gasteiger partial charge in [0, 0.05) is 29.0 Å². The summed E-state index contributed by atoms with van der Waals surface area (Å²) >= 11 is 1.59. The molecule has 0 fully saturated rings. The number of aliphatic hydroxyl groups excluding tert-OH is 2. The summed E-state index contributed by atoms with van der Waals surface area (Å²) < 4.78 is 19.7. The quantitative estimate of drug-likeness (QED) is 0.375. The second-order valence-electron chi connectivity index (χ2n) is 7.35. The van der Waals surface area contributed by atoms with Gasteiger partial charge in [-0.05, 0) is 43.7 Å². The highest BCUT2D eigenvalue weighted by atomic mass is 32.1. The summed E-state index contributed by atoms with van der Waals surface area (Å²) in [7, 11) is -2.69. The zero-order valence-electron chi connectivity index (χ0n) is 16.6. The summed E-state index contributed by atoms with van der Waals surface area (Å²) in [5, 5.41) is 23.4. The zero-order valence-corrected chi connectivity index (χ0v) is 18.3. The molecule has 4 rings (SSSR count). The predicted molar refractivity (Wildman–Crippen MR) is 122 cm³/mol. The van der Waals surface area contributed by atoms with Gasteiger partial charge in [0.2, 0.25) is 0 Å². The van der Waals surface area contributed by atoms with Gasteiger partial charge in [0.05, 0.1) is 33.2 Å². The van der Waals surface area contributed by atoms with E-state index in [1.54, 1.807) is 36.9 Å². The molecule has 2 aromatic carbocycles. The minimum absolute atomic E-state index is 0.0966. The van der Waals surface area contributed by atoms with E-state index in [2.05, 4.69) is 15.3 Å². The van der Waals surface area contributed by atoms with Crippen molar-refractivity contribution in [2.24, 2.45) is 0 Å². The van der Waals surface area contributed by atoms with Gasteiger partial charge in [0.1, 0.15) is 25.6 Å². The van der Waals surface area contributed by atoms with Crippen LogP contribution < -0.4 is 15.4 Å². The molecule has 2 heterocycles. The van der Waals surface area contributed by atoms with Crippen molar-refractivity contribution >= 4 is 56.3 Å². The molecule has 7 nitrogen and oxygen atoms in total. The van der Waals surface area contributed by atoms with Gasteiger partial charge in [-0.3, -0.25) is 4.98 Å². The Labute approximate surface area is 177 Å². The smallest absolute Gasteiger partial charge is 0.132 e. The Morgan fingerprint density at radius 2 is 2.00 bits per heavy atom. The number of pyridine rings is 1. The third kappa shape index (κ3) is 4.32. The molecule has 30 heavy (non-hydrogen) atoms. The first kappa shape index (κ1) is 20.8. The number of nitrogens with zero attached hydrogens (tertiary/aromatic N) is 2. The Kier molecular flexibility index (Phi) is 5.75. The summed E-state index contributed by atoms with van der Waals surface area (Å²) in [5.41, 5.74) is 5.13. The molecule has 0 aliphatic rings. The zero-order chi connectivity index (χ0) is 21.3. The molecule has 0 bridgehead atoms. The number of nitrogens with one attached hydrogen (secondary N) is 1. The van der Waals surface area contributed by atoms with Crippen LogP contribution in [0.25, 0.3) is 21.1 Å². The molecule has 0 unspecified atom stereocenters. The molecule has 0 amide bonds. The number of benzene rings is 2. The molecule has 0 spiro atoms. The molecular formula is C21H22N3O4PS. The van der Waals surface area contributed by atoms with Crippen molar-refractivity contribution in [3.8, 4) is 5.75 Å². The Bertz CT molecular complexity index is 1250. The highest BCUT2D eigenvalue weighted by molar-refractivity contribution is 7.70. The standard InChI is InChI=1S/C21H22N3O4PS/c1-29(2,27)20-8-15-16(24-13-3-4-21-18(7-13)23-12-30-21)5-6-22-17(15)9-19(20)28-11-14(26)10-25/h3-9,12,14,25-26H,10-11H2,1-2H3,(H,22,24)/t14-/m0/s1. The van der Waals surface area contributed by atoms with E-state index in [1.807, 2.05) is 35.8 Å². The molecule has 0 saturated heterocycles. The molecule has 3 N–H and O–H groups in total. The topological polar surface area (TPSA) is 105 Å². The Hall–Kier alpha value is -2.51. The first-order valence-electron chi connectivity index (χ1n) is 9.35. The molecular weight excluding hydrogens is 421 g/mol. The molecule has 0 aliphatic carbocycles. The summed E-state index contributed by atoms with van der Waals surface area (Å²) in [6.45, 7) is 2.83. The SMILES string of the molecule is CP(C)(=O)c1cc2c(Nc3ccc4scnc4c3)ccnc2cc1OC[C@@H](O)CO. The number of ether oxygens (including phenoxy) is 1. The number of aromatic nitrogens is 2. The van der Waals surface area contributed by atoms with E-state index in [4.69, 9.17) is 9.84 Å². The monoisotopic (exact) mass is 443 g/mol. The van der Waals surface area contributed by atoms with E-state index in [9.17, 15) is 9.67 Å². The summed E-state index contributed by atoms with van der Waals surface area (Å²) in [4.78, 5) is 8.78. The van der Waals surface area contributed by atoms with Crippen molar-refractivity contribution in [1.82, 2.24) is 9.97 Å². The maximum absolute atomic E-state index is 12.9. The first-order valence-corrected chi connectivity index (χ1v) is 12.8. The fraction of sp³-hybridized carbons (Fsp3) is 0.238. The average Bonchev–Trinajstić information content (AvgIpc) is 3.18.